The van der Waals surface area contributed by atoms with E-state index in [0.717, 1.165) is 10.6 Å². The van der Waals surface area contributed by atoms with Crippen LogP contribution in [0.5, 0.6) is 0 Å². The number of hydrogen-bond acceptors (Lipinski definition) is 7. The van der Waals surface area contributed by atoms with Crippen LogP contribution in [0, 0.1) is 0 Å². The Balaban J connectivity index is 1.17. The van der Waals surface area contributed by atoms with Gasteiger partial charge in [0.1, 0.15) is 12.2 Å². The molecular formula is C21H27N5O2S2. The van der Waals surface area contributed by atoms with E-state index in [1.54, 1.807) is 17.5 Å². The van der Waals surface area contributed by atoms with Crippen molar-refractivity contribution in [1.82, 2.24) is 20.6 Å². The lowest BCUT2D eigenvalue weighted by Gasteiger charge is -2.26. The number of fused-ring (bicyclic) bond motifs is 1. The summed E-state index contributed by atoms with van der Waals surface area (Å²) in [6.07, 6.45) is 7.99. The summed E-state index contributed by atoms with van der Waals surface area (Å²) in [6.45, 7) is 1.14. The van der Waals surface area contributed by atoms with Gasteiger partial charge in [-0.05, 0) is 42.6 Å². The minimum absolute atomic E-state index is 0.0141. The Morgan fingerprint density at radius 1 is 1.03 bits per heavy atom. The number of rotatable bonds is 5. The third kappa shape index (κ3) is 4.44. The minimum Gasteiger partial charge on any atom is -0.371 e. The average molecular weight is 446 g/mol. The Hall–Kier alpha value is -1.81. The molecule has 2 aliphatic heterocycles. The van der Waals surface area contributed by atoms with Gasteiger partial charge in [-0.15, -0.1) is 11.3 Å². The van der Waals surface area contributed by atoms with E-state index in [0.29, 0.717) is 30.3 Å². The number of nitrogens with zero attached hydrogens (tertiary/aromatic N) is 2. The quantitative estimate of drug-likeness (QED) is 0.606. The molecule has 1 saturated carbocycles. The molecule has 0 spiro atoms. The van der Waals surface area contributed by atoms with Crippen molar-refractivity contribution in [2.24, 2.45) is 0 Å². The molecule has 3 N–H and O–H groups in total. The number of ether oxygens (including phenoxy) is 2. The first-order valence-electron chi connectivity index (χ1n) is 10.7. The van der Waals surface area contributed by atoms with Crippen molar-refractivity contribution in [2.45, 2.75) is 62.4 Å². The number of nitrogens with one attached hydrogen (secondary N) is 3. The lowest BCUT2D eigenvalue weighted by Crippen LogP contribution is -2.51. The van der Waals surface area contributed by atoms with E-state index in [1.165, 1.54) is 32.1 Å². The maximum atomic E-state index is 6.08. The van der Waals surface area contributed by atoms with Crippen LogP contribution in [0.25, 0.3) is 10.6 Å². The Morgan fingerprint density at radius 3 is 2.63 bits per heavy atom. The molecule has 4 atom stereocenters. The van der Waals surface area contributed by atoms with Crippen LogP contribution in [-0.2, 0) is 9.47 Å². The van der Waals surface area contributed by atoms with Gasteiger partial charge in [-0.2, -0.15) is 0 Å². The molecule has 9 heteroatoms. The normalized spacial score (nSPS) is 28.8. The van der Waals surface area contributed by atoms with Crippen LogP contribution in [0.4, 0.5) is 5.95 Å². The van der Waals surface area contributed by atoms with Gasteiger partial charge in [0.15, 0.2) is 5.11 Å². The number of thiophene rings is 1. The molecule has 160 valence electrons. The summed E-state index contributed by atoms with van der Waals surface area (Å²) in [5.74, 6) is 0.602. The molecule has 0 aromatic carbocycles. The smallest absolute Gasteiger partial charge is 0.223 e. The van der Waals surface area contributed by atoms with E-state index in [9.17, 15) is 0 Å². The Bertz CT molecular complexity index is 859. The second kappa shape index (κ2) is 9.13. The molecule has 0 bridgehead atoms. The first-order chi connectivity index (χ1) is 14.8. The molecule has 2 aromatic rings. The predicted molar refractivity (Wildman–Crippen MR) is 122 cm³/mol. The molecule has 1 aliphatic carbocycles. The molecule has 3 fully saturated rings. The molecule has 0 amide bonds. The summed E-state index contributed by atoms with van der Waals surface area (Å²) in [7, 11) is 0. The fourth-order valence-corrected chi connectivity index (χ4v) is 5.56. The molecule has 5 rings (SSSR count). The summed E-state index contributed by atoms with van der Waals surface area (Å²) in [4.78, 5) is 10.2. The highest BCUT2D eigenvalue weighted by Gasteiger charge is 2.48. The summed E-state index contributed by atoms with van der Waals surface area (Å²) >= 11 is 7.22. The monoisotopic (exact) mass is 445 g/mol. The summed E-state index contributed by atoms with van der Waals surface area (Å²) in [5, 5.41) is 13.1. The van der Waals surface area contributed by atoms with Crippen molar-refractivity contribution in [3.63, 3.8) is 0 Å². The highest BCUT2D eigenvalue weighted by molar-refractivity contribution is 7.80. The standard InChI is InChI=1S/C21H27N5O2S2/c29-21(23-13-5-2-1-3-6-13)26-16-12-28-18-15(11-27-19(16)18)25-20-22-9-8-14(24-20)17-7-4-10-30-17/h4,7-10,13,15-16,18-19H,1-3,5-6,11-12H2,(H,22,24,25)(H2,23,26,29)/t15-,16+,18-,19+/m1/s1. The average Bonchev–Trinajstić information content (AvgIpc) is 3.50. The lowest BCUT2D eigenvalue weighted by molar-refractivity contribution is 0.0688. The van der Waals surface area contributed by atoms with Gasteiger partial charge in [-0.3, -0.25) is 0 Å². The van der Waals surface area contributed by atoms with Crippen LogP contribution < -0.4 is 16.0 Å². The highest BCUT2D eigenvalue weighted by atomic mass is 32.1. The van der Waals surface area contributed by atoms with Gasteiger partial charge in [0.2, 0.25) is 5.95 Å². The van der Waals surface area contributed by atoms with Gasteiger partial charge < -0.3 is 25.4 Å². The van der Waals surface area contributed by atoms with Crippen molar-refractivity contribution in [1.29, 1.82) is 0 Å². The molecule has 0 radical (unpaired) electrons. The number of aromatic nitrogens is 2. The van der Waals surface area contributed by atoms with Crippen LogP contribution in [0.1, 0.15) is 32.1 Å². The van der Waals surface area contributed by atoms with E-state index >= 15 is 0 Å². The fraction of sp³-hybridized carbons (Fsp3) is 0.571. The SMILES string of the molecule is S=C(NC1CCCCC1)N[C@H]1CO[C@H]2[C@H]1OC[C@H]2Nc1nccc(-c2cccs2)n1. The van der Waals surface area contributed by atoms with Gasteiger partial charge >= 0.3 is 0 Å². The maximum absolute atomic E-state index is 6.08. The van der Waals surface area contributed by atoms with E-state index in [1.807, 2.05) is 17.5 Å². The summed E-state index contributed by atoms with van der Waals surface area (Å²) in [5.41, 5.74) is 0.920. The van der Waals surface area contributed by atoms with Gasteiger partial charge in [-0.1, -0.05) is 25.3 Å². The zero-order chi connectivity index (χ0) is 20.3. The van der Waals surface area contributed by atoms with Crippen LogP contribution in [0.15, 0.2) is 29.8 Å². The van der Waals surface area contributed by atoms with Crippen LogP contribution in [0.3, 0.4) is 0 Å². The van der Waals surface area contributed by atoms with Gasteiger partial charge in [0.25, 0.3) is 0 Å². The molecule has 2 aromatic heterocycles. The lowest BCUT2D eigenvalue weighted by atomic mass is 9.96. The number of thiocarbonyl (C=S) groups is 1. The van der Waals surface area contributed by atoms with Crippen molar-refractivity contribution >= 4 is 34.6 Å². The topological polar surface area (TPSA) is 80.3 Å². The first-order valence-corrected chi connectivity index (χ1v) is 12.0. The molecule has 2 saturated heterocycles. The van der Waals surface area contributed by atoms with E-state index < -0.39 is 0 Å². The second-order valence-corrected chi connectivity index (χ2v) is 9.50. The number of hydrogen-bond donors (Lipinski definition) is 3. The van der Waals surface area contributed by atoms with Crippen molar-refractivity contribution in [3.8, 4) is 10.6 Å². The van der Waals surface area contributed by atoms with Crippen molar-refractivity contribution in [2.75, 3.05) is 18.5 Å². The largest absolute Gasteiger partial charge is 0.371 e. The minimum atomic E-state index is -0.0472. The van der Waals surface area contributed by atoms with Crippen molar-refractivity contribution < 1.29 is 9.47 Å². The fourth-order valence-electron chi connectivity index (χ4n) is 4.54. The van der Waals surface area contributed by atoms with Crippen molar-refractivity contribution in [3.05, 3.63) is 29.8 Å². The Labute approximate surface area is 186 Å². The summed E-state index contributed by atoms with van der Waals surface area (Å²) in [6, 6.07) is 6.58. The molecule has 0 unspecified atom stereocenters. The third-order valence-corrected chi connectivity index (χ3v) is 7.18. The van der Waals surface area contributed by atoms with E-state index in [2.05, 4.69) is 32.0 Å². The van der Waals surface area contributed by atoms with Gasteiger partial charge in [0, 0.05) is 12.2 Å². The highest BCUT2D eigenvalue weighted by Crippen LogP contribution is 2.29. The van der Waals surface area contributed by atoms with Crippen LogP contribution >= 0.6 is 23.6 Å². The molecular weight excluding hydrogens is 418 g/mol. The van der Waals surface area contributed by atoms with Gasteiger partial charge in [-0.25, -0.2) is 9.97 Å². The van der Waals surface area contributed by atoms with Gasteiger partial charge in [0.05, 0.1) is 35.9 Å². The molecule has 30 heavy (non-hydrogen) atoms. The zero-order valence-electron chi connectivity index (χ0n) is 16.8. The van der Waals surface area contributed by atoms with E-state index in [-0.39, 0.29) is 24.3 Å². The second-order valence-electron chi connectivity index (χ2n) is 8.15. The van der Waals surface area contributed by atoms with Crippen LogP contribution in [0.2, 0.25) is 0 Å². The Kier molecular flexibility index (Phi) is 6.12. The molecule has 3 aliphatic rings. The Morgan fingerprint density at radius 2 is 1.83 bits per heavy atom. The molecule has 7 nitrogen and oxygen atoms in total. The maximum Gasteiger partial charge on any atom is 0.223 e. The first kappa shape index (κ1) is 20.1. The molecule has 4 heterocycles. The predicted octanol–water partition coefficient (Wildman–Crippen LogP) is 2.95. The zero-order valence-corrected chi connectivity index (χ0v) is 18.4. The van der Waals surface area contributed by atoms with E-state index in [4.69, 9.17) is 21.7 Å². The number of anilines is 1. The summed E-state index contributed by atoms with van der Waals surface area (Å²) < 4.78 is 12.2. The van der Waals surface area contributed by atoms with Crippen LogP contribution in [-0.4, -0.2) is 58.6 Å². The third-order valence-electron chi connectivity index (χ3n) is 6.05.